The largest absolute Gasteiger partial charge is 0.480 e. The molecule has 4 amide bonds. The Labute approximate surface area is 233 Å². The average molecular weight is 567 g/mol. The predicted octanol–water partition coefficient (Wildman–Crippen LogP) is -1.51. The monoisotopic (exact) mass is 566 g/mol. The molecule has 2 bridgehead atoms. The Morgan fingerprint density at radius 2 is 1.70 bits per heavy atom. The maximum absolute atomic E-state index is 14.0. The van der Waals surface area contributed by atoms with Crippen LogP contribution in [-0.4, -0.2) is 95.2 Å². The van der Waals surface area contributed by atoms with Crippen LogP contribution in [0.1, 0.15) is 64.7 Å². The molecule has 3 aliphatic heterocycles. The number of aliphatic imine (C=N–C) groups is 1. The maximum atomic E-state index is 14.0. The lowest BCUT2D eigenvalue weighted by Crippen LogP contribution is -2.67. The normalized spacial score (nSPS) is 26.7. The van der Waals surface area contributed by atoms with Crippen molar-refractivity contribution >= 4 is 35.7 Å². The molecule has 1 saturated carbocycles. The topological polar surface area (TPSA) is 245 Å². The number of carboxylic acid groups (broad SMARTS) is 1. The van der Waals surface area contributed by atoms with Crippen molar-refractivity contribution in [3.05, 3.63) is 0 Å². The summed E-state index contributed by atoms with van der Waals surface area (Å²) in [5.74, 6) is -2.92. The molecule has 1 aliphatic carbocycles. The van der Waals surface area contributed by atoms with Gasteiger partial charge in [0.1, 0.15) is 30.3 Å². The number of nitrogens with zero attached hydrogens (tertiary/aromatic N) is 2. The number of hydrogen-bond donors (Lipinski definition) is 7. The standard InChI is InChI=1S/C25H42N8O7/c1-13-18(32-25(39)40-13)20(34)30-16(5-2-3-11-26)22(36)33-15-9-7-14(8-10-15)19(33)21(35)31-17(23(37)38)6-4-12-29-24(27)28/h13-19H,2-12,26H2,1H3,(H,30,34)(H,31,35)(H,32,39)(H,37,38)(H4,27,28,29)/t13?,14?,15?,16-,17-,18-,19-/m0/s1. The van der Waals surface area contributed by atoms with Gasteiger partial charge in [-0.2, -0.15) is 0 Å². The van der Waals surface area contributed by atoms with Crippen molar-refractivity contribution in [1.29, 1.82) is 0 Å². The van der Waals surface area contributed by atoms with E-state index in [-0.39, 0.29) is 30.9 Å². The number of nitrogens with two attached hydrogens (primary N) is 3. The highest BCUT2D eigenvalue weighted by molar-refractivity contribution is 5.96. The number of carbonyl (C=O) groups excluding carboxylic acids is 4. The third-order valence-corrected chi connectivity index (χ3v) is 7.84. The van der Waals surface area contributed by atoms with Gasteiger partial charge < -0.3 is 47.9 Å². The zero-order valence-corrected chi connectivity index (χ0v) is 22.8. The molecule has 0 aromatic carbocycles. The number of hydrogen-bond acceptors (Lipinski definition) is 8. The third kappa shape index (κ3) is 7.73. The molecule has 10 N–H and O–H groups in total. The molecular weight excluding hydrogens is 524 g/mol. The van der Waals surface area contributed by atoms with Gasteiger partial charge in [-0.05, 0) is 77.2 Å². The Morgan fingerprint density at radius 3 is 2.27 bits per heavy atom. The maximum Gasteiger partial charge on any atom is 0.408 e. The van der Waals surface area contributed by atoms with Gasteiger partial charge in [0, 0.05) is 12.6 Å². The fourth-order valence-corrected chi connectivity index (χ4v) is 5.81. The number of cyclic esters (lactones) is 1. The molecule has 224 valence electrons. The van der Waals surface area contributed by atoms with Gasteiger partial charge in [-0.1, -0.05) is 0 Å². The highest BCUT2D eigenvalue weighted by Gasteiger charge is 2.49. The van der Waals surface area contributed by atoms with E-state index < -0.39 is 60.1 Å². The Bertz CT molecular complexity index is 980. The molecule has 3 saturated heterocycles. The lowest BCUT2D eigenvalue weighted by atomic mass is 9.73. The quantitative estimate of drug-likeness (QED) is 0.0727. The summed E-state index contributed by atoms with van der Waals surface area (Å²) in [6.45, 7) is 2.21. The Morgan fingerprint density at radius 1 is 1.05 bits per heavy atom. The second-order valence-corrected chi connectivity index (χ2v) is 10.7. The van der Waals surface area contributed by atoms with Crippen LogP contribution in [0.3, 0.4) is 0 Å². The zero-order valence-electron chi connectivity index (χ0n) is 22.8. The van der Waals surface area contributed by atoms with Crippen LogP contribution in [-0.2, 0) is 23.9 Å². The summed E-state index contributed by atoms with van der Waals surface area (Å²) >= 11 is 0. The molecular formula is C25H42N8O7. The summed E-state index contributed by atoms with van der Waals surface area (Å²) in [6, 6.07) is -4.15. The molecule has 0 radical (unpaired) electrons. The summed E-state index contributed by atoms with van der Waals surface area (Å²) in [4.78, 5) is 69.5. The van der Waals surface area contributed by atoms with Crippen molar-refractivity contribution in [2.24, 2.45) is 28.1 Å². The predicted molar refractivity (Wildman–Crippen MR) is 144 cm³/mol. The first-order chi connectivity index (χ1) is 19.0. The molecule has 15 heteroatoms. The Kier molecular flexibility index (Phi) is 10.9. The minimum absolute atomic E-state index is 0.103. The van der Waals surface area contributed by atoms with Gasteiger partial charge >= 0.3 is 12.1 Å². The van der Waals surface area contributed by atoms with E-state index >= 15 is 0 Å². The van der Waals surface area contributed by atoms with Crippen LogP contribution < -0.4 is 33.2 Å². The van der Waals surface area contributed by atoms with Crippen LogP contribution in [0.2, 0.25) is 0 Å². The molecule has 0 aromatic rings. The minimum atomic E-state index is -1.20. The van der Waals surface area contributed by atoms with Crippen LogP contribution in [0.15, 0.2) is 4.99 Å². The first-order valence-electron chi connectivity index (χ1n) is 13.9. The first kappa shape index (κ1) is 30.9. The molecule has 1 unspecified atom stereocenters. The number of amides is 4. The molecule has 4 rings (SSSR count). The molecule has 4 fully saturated rings. The van der Waals surface area contributed by atoms with Crippen molar-refractivity contribution in [2.45, 2.75) is 101 Å². The van der Waals surface area contributed by atoms with E-state index in [0.717, 1.165) is 12.8 Å². The van der Waals surface area contributed by atoms with Crippen LogP contribution in [0, 0.1) is 5.92 Å². The number of ether oxygens (including phenoxy) is 1. The van der Waals surface area contributed by atoms with E-state index in [9.17, 15) is 29.1 Å². The average Bonchev–Trinajstić information content (AvgIpc) is 3.26. The lowest BCUT2D eigenvalue weighted by Gasteiger charge is -2.51. The van der Waals surface area contributed by atoms with Crippen LogP contribution in [0.4, 0.5) is 4.79 Å². The van der Waals surface area contributed by atoms with Gasteiger partial charge in [-0.3, -0.25) is 19.4 Å². The van der Waals surface area contributed by atoms with Crippen molar-refractivity contribution in [2.75, 3.05) is 13.1 Å². The second kappa shape index (κ2) is 14.1. The Hall–Kier alpha value is -3.62. The SMILES string of the molecule is CC1OC(=O)N[C@@H]1C(=O)N[C@@H](CCCCN)C(=O)N1C2CCC(CC2)[C@H]1C(=O)N[C@@H](CCCN=C(N)N)C(=O)O. The third-order valence-electron chi connectivity index (χ3n) is 7.84. The van der Waals surface area contributed by atoms with Crippen molar-refractivity contribution in [1.82, 2.24) is 20.9 Å². The number of nitrogens with one attached hydrogen (secondary N) is 3. The fourth-order valence-electron chi connectivity index (χ4n) is 5.81. The van der Waals surface area contributed by atoms with Crippen molar-refractivity contribution in [3.8, 4) is 0 Å². The van der Waals surface area contributed by atoms with Crippen molar-refractivity contribution < 1.29 is 33.8 Å². The van der Waals surface area contributed by atoms with Gasteiger partial charge in [0.15, 0.2) is 5.96 Å². The van der Waals surface area contributed by atoms with Crippen LogP contribution in [0.25, 0.3) is 0 Å². The number of alkyl carbamates (subject to hydrolysis) is 1. The number of aliphatic carboxylic acids is 1. The van der Waals surface area contributed by atoms with Gasteiger partial charge in [0.2, 0.25) is 17.7 Å². The van der Waals surface area contributed by atoms with E-state index in [1.54, 1.807) is 11.8 Å². The summed E-state index contributed by atoms with van der Waals surface area (Å²) < 4.78 is 5.00. The van der Waals surface area contributed by atoms with Gasteiger partial charge in [0.05, 0.1) is 0 Å². The van der Waals surface area contributed by atoms with Gasteiger partial charge in [0.25, 0.3) is 0 Å². The number of piperidine rings is 2. The van der Waals surface area contributed by atoms with Crippen LogP contribution >= 0.6 is 0 Å². The molecule has 5 atom stereocenters. The number of rotatable bonds is 14. The fraction of sp³-hybridized carbons (Fsp3) is 0.760. The van der Waals surface area contributed by atoms with Crippen LogP contribution in [0.5, 0.6) is 0 Å². The highest BCUT2D eigenvalue weighted by Crippen LogP contribution is 2.40. The number of guanidine groups is 1. The minimum Gasteiger partial charge on any atom is -0.480 e. The number of carboxylic acids is 1. The molecule has 0 spiro atoms. The molecule has 3 heterocycles. The molecule has 15 nitrogen and oxygen atoms in total. The number of unbranched alkanes of at least 4 members (excludes halogenated alkanes) is 1. The number of carbonyl (C=O) groups is 5. The smallest absolute Gasteiger partial charge is 0.408 e. The second-order valence-electron chi connectivity index (χ2n) is 10.7. The first-order valence-corrected chi connectivity index (χ1v) is 13.9. The molecule has 4 aliphatic rings. The Balaban J connectivity index is 1.77. The summed E-state index contributed by atoms with van der Waals surface area (Å²) in [5, 5.41) is 17.5. The summed E-state index contributed by atoms with van der Waals surface area (Å²) in [6.07, 6.45) is 3.42. The lowest BCUT2D eigenvalue weighted by molar-refractivity contribution is -0.157. The summed E-state index contributed by atoms with van der Waals surface area (Å²) in [5.41, 5.74) is 16.3. The van der Waals surface area contributed by atoms with E-state index in [4.69, 9.17) is 21.9 Å². The summed E-state index contributed by atoms with van der Waals surface area (Å²) in [7, 11) is 0. The van der Waals surface area contributed by atoms with E-state index in [0.29, 0.717) is 45.1 Å². The highest BCUT2D eigenvalue weighted by atomic mass is 16.6. The van der Waals surface area contributed by atoms with Gasteiger partial charge in [-0.15, -0.1) is 0 Å². The molecule has 0 aromatic heterocycles. The van der Waals surface area contributed by atoms with E-state index in [1.165, 1.54) is 0 Å². The molecule has 40 heavy (non-hydrogen) atoms. The van der Waals surface area contributed by atoms with Gasteiger partial charge in [-0.25, -0.2) is 9.59 Å². The van der Waals surface area contributed by atoms with E-state index in [1.807, 2.05) is 0 Å². The zero-order chi connectivity index (χ0) is 29.4. The van der Waals surface area contributed by atoms with E-state index in [2.05, 4.69) is 20.9 Å². The van der Waals surface area contributed by atoms with Crippen molar-refractivity contribution in [3.63, 3.8) is 0 Å². The number of fused-ring (bicyclic) bond motifs is 3.